The Balaban J connectivity index is 2.05. The lowest BCUT2D eigenvalue weighted by atomic mass is 9.95. The first-order valence-corrected chi connectivity index (χ1v) is 7.36. The number of hydrogen-bond acceptors (Lipinski definition) is 4. The Morgan fingerprint density at radius 2 is 2.26 bits per heavy atom. The van der Waals surface area contributed by atoms with Crippen molar-refractivity contribution in [3.05, 3.63) is 0 Å². The molecule has 3 atom stereocenters. The highest BCUT2D eigenvalue weighted by atomic mass is 16.5. The van der Waals surface area contributed by atoms with Crippen molar-refractivity contribution in [3.8, 4) is 0 Å². The summed E-state index contributed by atoms with van der Waals surface area (Å²) >= 11 is 0. The minimum Gasteiger partial charge on any atom is -0.379 e. The molecule has 0 aromatic heterocycles. The molecule has 110 valence electrons. The van der Waals surface area contributed by atoms with Gasteiger partial charge in [0.25, 0.3) is 0 Å². The van der Waals surface area contributed by atoms with E-state index in [9.17, 15) is 4.79 Å². The van der Waals surface area contributed by atoms with Gasteiger partial charge in [-0.05, 0) is 40.0 Å². The molecule has 0 radical (unpaired) electrons. The van der Waals surface area contributed by atoms with Crippen LogP contribution in [-0.2, 0) is 9.53 Å². The van der Waals surface area contributed by atoms with Crippen molar-refractivity contribution < 1.29 is 9.53 Å². The van der Waals surface area contributed by atoms with Gasteiger partial charge in [0.1, 0.15) is 0 Å². The van der Waals surface area contributed by atoms with Crippen LogP contribution in [0.3, 0.4) is 0 Å². The first-order valence-electron chi connectivity index (χ1n) is 7.36. The highest BCUT2D eigenvalue weighted by molar-refractivity contribution is 5.85. The van der Waals surface area contributed by atoms with Crippen LogP contribution in [0.2, 0.25) is 0 Å². The van der Waals surface area contributed by atoms with Crippen LogP contribution >= 0.6 is 0 Å². The minimum atomic E-state index is -0.517. The van der Waals surface area contributed by atoms with Crippen LogP contribution in [0.25, 0.3) is 0 Å². The molecule has 1 saturated heterocycles. The summed E-state index contributed by atoms with van der Waals surface area (Å²) in [6, 6.07) is 1.15. The maximum Gasteiger partial charge on any atom is 0.237 e. The number of nitrogens with zero attached hydrogens (tertiary/aromatic N) is 1. The fourth-order valence-electron chi connectivity index (χ4n) is 3.56. The third kappa shape index (κ3) is 3.09. The Morgan fingerprint density at radius 3 is 2.84 bits per heavy atom. The fourth-order valence-corrected chi connectivity index (χ4v) is 3.56. The van der Waals surface area contributed by atoms with Crippen molar-refractivity contribution in [3.63, 3.8) is 0 Å². The van der Waals surface area contributed by atoms with Crippen molar-refractivity contribution in [1.82, 2.24) is 10.2 Å². The summed E-state index contributed by atoms with van der Waals surface area (Å²) in [6.07, 6.45) is 2.70. The molecule has 19 heavy (non-hydrogen) atoms. The van der Waals surface area contributed by atoms with Crippen LogP contribution in [0, 0.1) is 0 Å². The number of nitrogens with two attached hydrogens (primary N) is 1. The Labute approximate surface area is 115 Å². The Morgan fingerprint density at radius 1 is 1.53 bits per heavy atom. The standard InChI is InChI=1S/C14H27N3O2/c1-10(2)16-14(13(15)18)5-4-12(8-14)17-6-7-19-9-11(17)3/h10-12,16H,4-9H2,1-3H3,(H2,15,18). The van der Waals surface area contributed by atoms with E-state index in [4.69, 9.17) is 10.5 Å². The van der Waals surface area contributed by atoms with E-state index in [2.05, 4.69) is 31.0 Å². The summed E-state index contributed by atoms with van der Waals surface area (Å²) in [5, 5.41) is 3.41. The van der Waals surface area contributed by atoms with Crippen LogP contribution in [0.5, 0.6) is 0 Å². The lowest BCUT2D eigenvalue weighted by Gasteiger charge is -2.39. The van der Waals surface area contributed by atoms with Crippen LogP contribution in [0.1, 0.15) is 40.0 Å². The summed E-state index contributed by atoms with van der Waals surface area (Å²) in [6.45, 7) is 8.87. The van der Waals surface area contributed by atoms with Gasteiger partial charge in [-0.25, -0.2) is 0 Å². The van der Waals surface area contributed by atoms with Gasteiger partial charge in [-0.2, -0.15) is 0 Å². The molecule has 3 unspecified atom stereocenters. The van der Waals surface area contributed by atoms with Gasteiger partial charge >= 0.3 is 0 Å². The maximum absolute atomic E-state index is 11.9. The number of primary amides is 1. The largest absolute Gasteiger partial charge is 0.379 e. The minimum absolute atomic E-state index is 0.204. The third-order valence-corrected chi connectivity index (χ3v) is 4.41. The average Bonchev–Trinajstić information content (AvgIpc) is 2.74. The molecule has 1 saturated carbocycles. The van der Waals surface area contributed by atoms with Gasteiger partial charge in [0.2, 0.25) is 5.91 Å². The molecule has 5 heteroatoms. The number of rotatable bonds is 4. The molecule has 0 bridgehead atoms. The summed E-state index contributed by atoms with van der Waals surface area (Å²) in [4.78, 5) is 14.4. The highest BCUT2D eigenvalue weighted by Crippen LogP contribution is 2.34. The summed E-state index contributed by atoms with van der Waals surface area (Å²) in [7, 11) is 0. The lowest BCUT2D eigenvalue weighted by Crippen LogP contribution is -2.57. The van der Waals surface area contributed by atoms with E-state index in [0.717, 1.165) is 39.0 Å². The van der Waals surface area contributed by atoms with E-state index < -0.39 is 5.54 Å². The van der Waals surface area contributed by atoms with E-state index in [0.29, 0.717) is 12.1 Å². The number of nitrogens with one attached hydrogen (secondary N) is 1. The van der Waals surface area contributed by atoms with E-state index in [1.807, 2.05) is 0 Å². The molecule has 1 amide bonds. The van der Waals surface area contributed by atoms with E-state index in [1.165, 1.54) is 0 Å². The second-order valence-electron chi connectivity index (χ2n) is 6.30. The molecule has 3 N–H and O–H groups in total. The monoisotopic (exact) mass is 269 g/mol. The SMILES string of the molecule is CC(C)NC1(C(N)=O)CCC(N2CCOCC2C)C1. The molecule has 1 aliphatic heterocycles. The molecular weight excluding hydrogens is 242 g/mol. The smallest absolute Gasteiger partial charge is 0.237 e. The average molecular weight is 269 g/mol. The van der Waals surface area contributed by atoms with E-state index >= 15 is 0 Å². The molecule has 0 spiro atoms. The van der Waals surface area contributed by atoms with Gasteiger partial charge in [0.05, 0.1) is 18.8 Å². The van der Waals surface area contributed by atoms with Gasteiger partial charge < -0.3 is 15.8 Å². The second-order valence-corrected chi connectivity index (χ2v) is 6.30. The first-order chi connectivity index (χ1) is 8.94. The molecule has 0 aromatic rings. The molecule has 2 aliphatic rings. The number of morpholine rings is 1. The van der Waals surface area contributed by atoms with Crippen LogP contribution < -0.4 is 11.1 Å². The van der Waals surface area contributed by atoms with Gasteiger partial charge in [0, 0.05) is 24.7 Å². The third-order valence-electron chi connectivity index (χ3n) is 4.41. The molecule has 2 rings (SSSR count). The second kappa shape index (κ2) is 5.77. The van der Waals surface area contributed by atoms with Crippen molar-refractivity contribution in [1.29, 1.82) is 0 Å². The van der Waals surface area contributed by atoms with E-state index in [-0.39, 0.29) is 11.9 Å². The Bertz CT molecular complexity index is 335. The number of amides is 1. The van der Waals surface area contributed by atoms with Gasteiger partial charge in [0.15, 0.2) is 0 Å². The van der Waals surface area contributed by atoms with Crippen molar-refractivity contribution >= 4 is 5.91 Å². The summed E-state index contributed by atoms with van der Waals surface area (Å²) < 4.78 is 5.49. The van der Waals surface area contributed by atoms with Crippen molar-refractivity contribution in [2.24, 2.45) is 5.73 Å². The van der Waals surface area contributed by atoms with Gasteiger partial charge in [-0.3, -0.25) is 9.69 Å². The number of hydrogen-bond donors (Lipinski definition) is 2. The van der Waals surface area contributed by atoms with Crippen LogP contribution in [0.4, 0.5) is 0 Å². The van der Waals surface area contributed by atoms with Crippen LogP contribution in [0.15, 0.2) is 0 Å². The van der Waals surface area contributed by atoms with E-state index in [1.54, 1.807) is 0 Å². The molecule has 0 aromatic carbocycles. The van der Waals surface area contributed by atoms with Crippen molar-refractivity contribution in [2.45, 2.75) is 63.7 Å². The summed E-state index contributed by atoms with van der Waals surface area (Å²) in [5.74, 6) is -0.204. The maximum atomic E-state index is 11.9. The van der Waals surface area contributed by atoms with Crippen LogP contribution in [-0.4, -0.2) is 54.2 Å². The lowest BCUT2D eigenvalue weighted by molar-refractivity contribution is -0.124. The highest BCUT2D eigenvalue weighted by Gasteiger charge is 2.46. The number of ether oxygens (including phenoxy) is 1. The predicted octanol–water partition coefficient (Wildman–Crippen LogP) is 0.482. The van der Waals surface area contributed by atoms with Crippen molar-refractivity contribution in [2.75, 3.05) is 19.8 Å². The molecule has 1 aliphatic carbocycles. The number of carbonyl (C=O) groups is 1. The molecule has 2 fully saturated rings. The zero-order valence-electron chi connectivity index (χ0n) is 12.3. The zero-order chi connectivity index (χ0) is 14.0. The Kier molecular flexibility index (Phi) is 4.48. The predicted molar refractivity (Wildman–Crippen MR) is 74.8 cm³/mol. The summed E-state index contributed by atoms with van der Waals surface area (Å²) in [5.41, 5.74) is 5.15. The number of carbonyl (C=O) groups excluding carboxylic acids is 1. The topological polar surface area (TPSA) is 67.6 Å². The van der Waals surface area contributed by atoms with Gasteiger partial charge in [-0.15, -0.1) is 0 Å². The Hall–Kier alpha value is -0.650. The zero-order valence-corrected chi connectivity index (χ0v) is 12.3. The molecular formula is C14H27N3O2. The normalized spacial score (nSPS) is 36.8. The molecule has 1 heterocycles. The van der Waals surface area contributed by atoms with Gasteiger partial charge in [-0.1, -0.05) is 0 Å². The fraction of sp³-hybridized carbons (Fsp3) is 0.929. The molecule has 5 nitrogen and oxygen atoms in total. The first kappa shape index (κ1) is 14.8. The quantitative estimate of drug-likeness (QED) is 0.779.